The van der Waals surface area contributed by atoms with E-state index in [9.17, 15) is 9.59 Å². The Morgan fingerprint density at radius 3 is 1.83 bits per heavy atom. The fourth-order valence-corrected chi connectivity index (χ4v) is 6.11. The number of primary amides is 1. The van der Waals surface area contributed by atoms with Gasteiger partial charge in [0.2, 0.25) is 5.91 Å². The Morgan fingerprint density at radius 2 is 1.24 bits per heavy atom. The first-order valence-corrected chi connectivity index (χ1v) is 14.0. The quantitative estimate of drug-likeness (QED) is 0.208. The van der Waals surface area contributed by atoms with Crippen LogP contribution < -0.4 is 15.2 Å². The Labute approximate surface area is 245 Å². The zero-order chi connectivity index (χ0) is 29.2. The number of hydrogen-bond acceptors (Lipinski definition) is 4. The van der Waals surface area contributed by atoms with Crippen molar-refractivity contribution in [3.8, 4) is 33.8 Å². The normalized spacial score (nSPS) is 11.3. The maximum absolute atomic E-state index is 14.7. The fraction of sp³-hybridized carbons (Fsp3) is 0.167. The molecule has 0 unspecified atom stereocenters. The molecule has 42 heavy (non-hydrogen) atoms. The Balaban J connectivity index is 1.47. The van der Waals surface area contributed by atoms with E-state index in [0.717, 1.165) is 55.7 Å². The summed E-state index contributed by atoms with van der Waals surface area (Å²) >= 11 is 0. The van der Waals surface area contributed by atoms with Gasteiger partial charge in [0.25, 0.3) is 5.91 Å². The predicted octanol–water partition coefficient (Wildman–Crippen LogP) is 6.53. The van der Waals surface area contributed by atoms with E-state index in [2.05, 4.69) is 12.1 Å². The summed E-state index contributed by atoms with van der Waals surface area (Å²) in [6.07, 6.45) is 1.16. The summed E-state index contributed by atoms with van der Waals surface area (Å²) in [4.78, 5) is 29.5. The number of carbonyl (C=O) groups excluding carboxylic acids is 2. The van der Waals surface area contributed by atoms with Crippen molar-refractivity contribution in [2.24, 2.45) is 5.73 Å². The van der Waals surface area contributed by atoms with Crippen LogP contribution >= 0.6 is 0 Å². The number of ether oxygens (including phenoxy) is 2. The number of methoxy groups -OCH3 is 2. The largest absolute Gasteiger partial charge is 0.496 e. The van der Waals surface area contributed by atoms with Crippen molar-refractivity contribution in [3.63, 3.8) is 0 Å². The minimum atomic E-state index is -0.624. The van der Waals surface area contributed by atoms with E-state index in [0.29, 0.717) is 31.5 Å². The van der Waals surface area contributed by atoms with Crippen molar-refractivity contribution in [1.82, 2.24) is 4.90 Å². The van der Waals surface area contributed by atoms with Crippen molar-refractivity contribution >= 4 is 22.6 Å². The van der Waals surface area contributed by atoms with Crippen LogP contribution in [-0.2, 0) is 12.8 Å². The molecule has 210 valence electrons. The molecule has 5 aromatic rings. The third-order valence-electron chi connectivity index (χ3n) is 8.11. The summed E-state index contributed by atoms with van der Waals surface area (Å²) < 4.78 is 11.2. The van der Waals surface area contributed by atoms with Gasteiger partial charge >= 0.3 is 0 Å². The van der Waals surface area contributed by atoms with Crippen LogP contribution in [0.4, 0.5) is 0 Å². The Morgan fingerprint density at radius 1 is 0.690 bits per heavy atom. The summed E-state index contributed by atoms with van der Waals surface area (Å²) in [5.74, 6) is 0.698. The zero-order valence-corrected chi connectivity index (χ0v) is 23.7. The van der Waals surface area contributed by atoms with E-state index in [1.54, 1.807) is 20.3 Å². The highest BCUT2D eigenvalue weighted by Crippen LogP contribution is 2.49. The summed E-state index contributed by atoms with van der Waals surface area (Å²) in [7, 11) is 3.29. The molecule has 0 aromatic heterocycles. The number of para-hydroxylation sites is 2. The Hall–Kier alpha value is -5.10. The molecule has 0 heterocycles. The van der Waals surface area contributed by atoms with Crippen LogP contribution in [0, 0.1) is 0 Å². The molecule has 0 atom stereocenters. The van der Waals surface area contributed by atoms with E-state index >= 15 is 0 Å². The lowest BCUT2D eigenvalue weighted by molar-refractivity contribution is 0.0754. The average molecular weight is 557 g/mol. The number of benzene rings is 5. The molecule has 1 aliphatic rings. The molecular weight excluding hydrogens is 524 g/mol. The number of amides is 2. The van der Waals surface area contributed by atoms with Crippen LogP contribution in [0.2, 0.25) is 0 Å². The van der Waals surface area contributed by atoms with Gasteiger partial charge in [0.15, 0.2) is 0 Å². The van der Waals surface area contributed by atoms with E-state index < -0.39 is 5.91 Å². The average Bonchev–Trinajstić information content (AvgIpc) is 3.36. The molecule has 0 bridgehead atoms. The van der Waals surface area contributed by atoms with Crippen molar-refractivity contribution in [3.05, 3.63) is 119 Å². The summed E-state index contributed by atoms with van der Waals surface area (Å²) in [5, 5.41) is 1.86. The molecule has 6 nitrogen and oxygen atoms in total. The van der Waals surface area contributed by atoms with Crippen molar-refractivity contribution in [1.29, 1.82) is 0 Å². The second kappa shape index (κ2) is 11.4. The lowest BCUT2D eigenvalue weighted by Gasteiger charge is -2.26. The fourth-order valence-electron chi connectivity index (χ4n) is 6.11. The van der Waals surface area contributed by atoms with Gasteiger partial charge in [-0.2, -0.15) is 0 Å². The van der Waals surface area contributed by atoms with Crippen LogP contribution in [0.25, 0.3) is 33.0 Å². The molecule has 0 saturated heterocycles. The first kappa shape index (κ1) is 27.1. The second-order valence-corrected chi connectivity index (χ2v) is 10.4. The predicted molar refractivity (Wildman–Crippen MR) is 166 cm³/mol. The van der Waals surface area contributed by atoms with E-state index in [4.69, 9.17) is 15.2 Å². The number of carbonyl (C=O) groups is 2. The van der Waals surface area contributed by atoms with E-state index in [-0.39, 0.29) is 11.5 Å². The van der Waals surface area contributed by atoms with Crippen LogP contribution in [0.15, 0.2) is 97.1 Å². The summed E-state index contributed by atoms with van der Waals surface area (Å²) in [5.41, 5.74) is 12.4. The topological polar surface area (TPSA) is 81.9 Å². The molecule has 0 spiro atoms. The van der Waals surface area contributed by atoms with Crippen molar-refractivity contribution in [2.75, 3.05) is 27.3 Å². The van der Waals surface area contributed by atoms with Gasteiger partial charge in [0.1, 0.15) is 11.5 Å². The number of nitrogens with zero attached hydrogens (tertiary/aromatic N) is 1. The highest BCUT2D eigenvalue weighted by molar-refractivity contribution is 6.24. The molecule has 2 amide bonds. The van der Waals surface area contributed by atoms with Gasteiger partial charge in [-0.25, -0.2) is 0 Å². The minimum absolute atomic E-state index is 0.225. The smallest absolute Gasteiger partial charge is 0.255 e. The minimum Gasteiger partial charge on any atom is -0.496 e. The lowest BCUT2D eigenvalue weighted by atomic mass is 9.91. The maximum atomic E-state index is 14.7. The van der Waals surface area contributed by atoms with Crippen molar-refractivity contribution < 1.29 is 19.1 Å². The van der Waals surface area contributed by atoms with Crippen LogP contribution in [-0.4, -0.2) is 44.0 Å². The lowest BCUT2D eigenvalue weighted by Crippen LogP contribution is -2.36. The standard InChI is InChI=1S/C36H32N2O4/c1-41-30-16-7-3-10-23(30)18-20-38(21-19-24-11-4-8-17-31(24)42-2)36(40)34-29(35(37)39)22-25-12-9-15-27-26-13-5-6-14-28(26)33(34)32(25)27/h3-17,22H,18-21H2,1-2H3,(H2,37,39). The van der Waals surface area contributed by atoms with Gasteiger partial charge in [-0.1, -0.05) is 78.9 Å². The van der Waals surface area contributed by atoms with E-state index in [1.165, 1.54) is 0 Å². The number of nitrogens with two attached hydrogens (primary N) is 1. The first-order valence-electron chi connectivity index (χ1n) is 14.0. The molecule has 0 aliphatic heterocycles. The number of fused-ring (bicyclic) bond motifs is 3. The van der Waals surface area contributed by atoms with Gasteiger partial charge in [-0.3, -0.25) is 9.59 Å². The third kappa shape index (κ3) is 4.75. The monoisotopic (exact) mass is 556 g/mol. The molecule has 0 radical (unpaired) electrons. The van der Waals surface area contributed by atoms with Crippen LogP contribution in [0.1, 0.15) is 31.8 Å². The highest BCUT2D eigenvalue weighted by atomic mass is 16.5. The Bertz CT molecular complexity index is 1780. The van der Waals surface area contributed by atoms with Crippen LogP contribution in [0.5, 0.6) is 11.5 Å². The SMILES string of the molecule is COc1ccccc1CCN(CCc1ccccc1OC)C(=O)c1c(C(N)=O)cc2cccc3c2c1-c1ccccc1-3. The molecule has 6 heteroatoms. The number of rotatable bonds is 10. The van der Waals surface area contributed by atoms with Crippen LogP contribution in [0.3, 0.4) is 0 Å². The molecule has 1 aliphatic carbocycles. The molecular formula is C36H32N2O4. The zero-order valence-electron chi connectivity index (χ0n) is 23.7. The molecule has 0 fully saturated rings. The number of hydrogen-bond donors (Lipinski definition) is 1. The third-order valence-corrected chi connectivity index (χ3v) is 8.11. The van der Waals surface area contributed by atoms with Gasteiger partial charge in [0.05, 0.1) is 25.3 Å². The second-order valence-electron chi connectivity index (χ2n) is 10.4. The molecule has 5 aromatic carbocycles. The van der Waals surface area contributed by atoms with Gasteiger partial charge in [-0.15, -0.1) is 0 Å². The molecule has 0 saturated carbocycles. The van der Waals surface area contributed by atoms with Crippen molar-refractivity contribution in [2.45, 2.75) is 12.8 Å². The molecule has 6 rings (SSSR count). The van der Waals surface area contributed by atoms with Gasteiger partial charge in [-0.05, 0) is 69.6 Å². The highest BCUT2D eigenvalue weighted by Gasteiger charge is 2.32. The summed E-state index contributed by atoms with van der Waals surface area (Å²) in [6, 6.07) is 31.4. The Kier molecular flexibility index (Phi) is 7.36. The molecule has 2 N–H and O–H groups in total. The first-order chi connectivity index (χ1) is 20.5. The van der Waals surface area contributed by atoms with Gasteiger partial charge in [0, 0.05) is 18.7 Å². The summed E-state index contributed by atoms with van der Waals surface area (Å²) in [6.45, 7) is 0.848. The van der Waals surface area contributed by atoms with E-state index in [1.807, 2.05) is 83.8 Å². The maximum Gasteiger partial charge on any atom is 0.255 e. The van der Waals surface area contributed by atoms with Gasteiger partial charge < -0.3 is 20.1 Å².